The highest BCUT2D eigenvalue weighted by Crippen LogP contribution is 2.31. The Labute approximate surface area is 138 Å². The van der Waals surface area contributed by atoms with Crippen molar-refractivity contribution in [2.75, 3.05) is 14.2 Å². The molecule has 0 amide bonds. The molecule has 23 heavy (non-hydrogen) atoms. The number of carbonyl (C=O) groups excluding carboxylic acids is 1. The van der Waals surface area contributed by atoms with Crippen LogP contribution in [0.5, 0.6) is 11.5 Å². The van der Waals surface area contributed by atoms with Crippen molar-refractivity contribution in [3.8, 4) is 11.5 Å². The summed E-state index contributed by atoms with van der Waals surface area (Å²) in [6.07, 6.45) is 0. The molecule has 2 rings (SSSR count). The second kappa shape index (κ2) is 6.89. The summed E-state index contributed by atoms with van der Waals surface area (Å²) >= 11 is 5.73. The molecule has 0 spiro atoms. The Hall–Kier alpha value is -2.25. The largest absolute Gasteiger partial charge is 0.493 e. The number of hydrogen-bond acceptors (Lipinski definition) is 6. The van der Waals surface area contributed by atoms with Crippen molar-refractivity contribution in [2.45, 2.75) is 4.90 Å². The van der Waals surface area contributed by atoms with Crippen LogP contribution >= 0.6 is 11.6 Å². The lowest BCUT2D eigenvalue weighted by molar-refractivity contribution is 0.0600. The quantitative estimate of drug-likeness (QED) is 0.605. The summed E-state index contributed by atoms with van der Waals surface area (Å²) in [5.41, 5.74) is 0.209. The zero-order valence-electron chi connectivity index (χ0n) is 12.3. The minimum Gasteiger partial charge on any atom is -0.493 e. The first-order valence-electron chi connectivity index (χ1n) is 6.34. The minimum absolute atomic E-state index is 0.0462. The van der Waals surface area contributed by atoms with E-state index in [1.807, 2.05) is 0 Å². The van der Waals surface area contributed by atoms with Crippen molar-refractivity contribution in [1.29, 1.82) is 0 Å². The Balaban J connectivity index is 2.35. The minimum atomic E-state index is -4.06. The molecule has 0 heterocycles. The molecule has 0 saturated carbocycles. The summed E-state index contributed by atoms with van der Waals surface area (Å²) < 4.78 is 39.2. The highest BCUT2D eigenvalue weighted by Gasteiger charge is 2.20. The zero-order chi connectivity index (χ0) is 17.0. The van der Waals surface area contributed by atoms with Crippen molar-refractivity contribution in [3.05, 3.63) is 53.1 Å². The van der Waals surface area contributed by atoms with Gasteiger partial charge in [-0.1, -0.05) is 11.6 Å². The second-order valence-corrected chi connectivity index (χ2v) is 6.33. The van der Waals surface area contributed by atoms with E-state index in [4.69, 9.17) is 20.5 Å². The fraction of sp³-hybridized carbons (Fsp3) is 0.133. The summed E-state index contributed by atoms with van der Waals surface area (Å²) in [5, 5.41) is 0.406. The number of esters is 1. The number of methoxy groups -OCH3 is 2. The Morgan fingerprint density at radius 2 is 1.65 bits per heavy atom. The van der Waals surface area contributed by atoms with Gasteiger partial charge in [-0.05, 0) is 42.5 Å². The Bertz CT molecular complexity index is 814. The Kier molecular flexibility index (Phi) is 5.12. The van der Waals surface area contributed by atoms with Crippen molar-refractivity contribution < 1.29 is 26.9 Å². The summed E-state index contributed by atoms with van der Waals surface area (Å²) in [5.74, 6) is -0.532. The smallest absolute Gasteiger partial charge is 0.339 e. The Morgan fingerprint density at radius 3 is 2.22 bits per heavy atom. The molecule has 8 heteroatoms. The van der Waals surface area contributed by atoms with Gasteiger partial charge in [-0.15, -0.1) is 0 Å². The maximum Gasteiger partial charge on any atom is 0.339 e. The van der Waals surface area contributed by atoms with Crippen LogP contribution in [0, 0.1) is 0 Å². The van der Waals surface area contributed by atoms with Gasteiger partial charge in [-0.25, -0.2) is 4.79 Å². The third-order valence-corrected chi connectivity index (χ3v) is 4.39. The molecule has 0 unspecified atom stereocenters. The molecule has 0 saturated heterocycles. The summed E-state index contributed by atoms with van der Waals surface area (Å²) in [4.78, 5) is 11.4. The molecule has 2 aromatic rings. The molecule has 0 aliphatic rings. The fourth-order valence-electron chi connectivity index (χ4n) is 1.75. The average Bonchev–Trinajstić information content (AvgIpc) is 2.54. The van der Waals surface area contributed by atoms with E-state index in [0.29, 0.717) is 5.02 Å². The predicted octanol–water partition coefficient (Wildman–Crippen LogP) is 2.90. The van der Waals surface area contributed by atoms with Gasteiger partial charge in [-0.3, -0.25) is 0 Å². The van der Waals surface area contributed by atoms with E-state index in [0.717, 1.165) is 0 Å². The first kappa shape index (κ1) is 17.1. The molecular weight excluding hydrogens is 344 g/mol. The van der Waals surface area contributed by atoms with Gasteiger partial charge in [0.25, 0.3) is 0 Å². The molecule has 0 aliphatic heterocycles. The third-order valence-electron chi connectivity index (χ3n) is 2.89. The Morgan fingerprint density at radius 1 is 1.00 bits per heavy atom. The van der Waals surface area contributed by atoms with Gasteiger partial charge in [0.2, 0.25) is 0 Å². The molecule has 0 radical (unpaired) electrons. The van der Waals surface area contributed by atoms with Gasteiger partial charge in [0.05, 0.1) is 19.8 Å². The SMILES string of the molecule is COC(=O)c1ccc(OS(=O)(=O)c2ccc(Cl)cc2)c(OC)c1. The first-order chi connectivity index (χ1) is 10.9. The normalized spacial score (nSPS) is 10.9. The fourth-order valence-corrected chi connectivity index (χ4v) is 2.81. The van der Waals surface area contributed by atoms with Gasteiger partial charge in [0.15, 0.2) is 11.5 Å². The van der Waals surface area contributed by atoms with Crippen LogP contribution in [0.2, 0.25) is 5.02 Å². The van der Waals surface area contributed by atoms with E-state index in [1.54, 1.807) is 0 Å². The molecule has 2 aromatic carbocycles. The standard InChI is InChI=1S/C15H13ClO6S/c1-20-14-9-10(15(17)21-2)3-8-13(14)22-23(18,19)12-6-4-11(16)5-7-12/h3-9H,1-2H3. The molecule has 6 nitrogen and oxygen atoms in total. The van der Waals surface area contributed by atoms with Crippen molar-refractivity contribution in [1.82, 2.24) is 0 Å². The summed E-state index contributed by atoms with van der Waals surface area (Å²) in [6.45, 7) is 0. The molecule has 0 bridgehead atoms. The monoisotopic (exact) mass is 356 g/mol. The van der Waals surface area contributed by atoms with Crippen LogP contribution in [0.25, 0.3) is 0 Å². The van der Waals surface area contributed by atoms with Crippen molar-refractivity contribution in [2.24, 2.45) is 0 Å². The van der Waals surface area contributed by atoms with E-state index in [2.05, 4.69) is 4.74 Å². The molecular formula is C15H13ClO6S. The number of hydrogen-bond donors (Lipinski definition) is 0. The maximum atomic E-state index is 12.2. The van der Waals surface area contributed by atoms with Crippen molar-refractivity contribution >= 4 is 27.7 Å². The van der Waals surface area contributed by atoms with E-state index in [1.165, 1.54) is 56.7 Å². The van der Waals surface area contributed by atoms with Gasteiger partial charge < -0.3 is 13.7 Å². The first-order valence-corrected chi connectivity index (χ1v) is 8.12. The van der Waals surface area contributed by atoms with Gasteiger partial charge >= 0.3 is 16.1 Å². The van der Waals surface area contributed by atoms with Crippen LogP contribution in [0.1, 0.15) is 10.4 Å². The van der Waals surface area contributed by atoms with Crippen molar-refractivity contribution in [3.63, 3.8) is 0 Å². The van der Waals surface area contributed by atoms with Gasteiger partial charge in [-0.2, -0.15) is 8.42 Å². The lowest BCUT2D eigenvalue weighted by Gasteiger charge is -2.11. The number of halogens is 1. The number of carbonyl (C=O) groups is 1. The highest BCUT2D eigenvalue weighted by molar-refractivity contribution is 7.87. The molecule has 0 N–H and O–H groups in total. The van der Waals surface area contributed by atoms with E-state index in [-0.39, 0.29) is 22.0 Å². The molecule has 0 fully saturated rings. The maximum absolute atomic E-state index is 12.2. The summed E-state index contributed by atoms with van der Waals surface area (Å²) in [7, 11) is -1.48. The van der Waals surface area contributed by atoms with Crippen LogP contribution in [-0.2, 0) is 14.9 Å². The lowest BCUT2D eigenvalue weighted by atomic mass is 10.2. The van der Waals surface area contributed by atoms with Crippen LogP contribution in [0.15, 0.2) is 47.4 Å². The second-order valence-electron chi connectivity index (χ2n) is 4.35. The topological polar surface area (TPSA) is 78.9 Å². The number of rotatable bonds is 5. The lowest BCUT2D eigenvalue weighted by Crippen LogP contribution is -2.11. The zero-order valence-corrected chi connectivity index (χ0v) is 13.8. The van der Waals surface area contributed by atoms with Gasteiger partial charge in [0, 0.05) is 5.02 Å². The average molecular weight is 357 g/mol. The van der Waals surface area contributed by atoms with Crippen LogP contribution < -0.4 is 8.92 Å². The molecule has 0 atom stereocenters. The molecule has 0 aliphatic carbocycles. The van der Waals surface area contributed by atoms with Gasteiger partial charge in [0.1, 0.15) is 4.90 Å². The number of ether oxygens (including phenoxy) is 2. The summed E-state index contributed by atoms with van der Waals surface area (Å²) in [6, 6.07) is 9.56. The third kappa shape index (κ3) is 3.94. The molecule has 122 valence electrons. The highest BCUT2D eigenvalue weighted by atomic mass is 35.5. The molecule has 0 aromatic heterocycles. The van der Waals surface area contributed by atoms with E-state index < -0.39 is 16.1 Å². The van der Waals surface area contributed by atoms with Crippen LogP contribution in [-0.4, -0.2) is 28.6 Å². The number of benzene rings is 2. The van der Waals surface area contributed by atoms with Crippen LogP contribution in [0.3, 0.4) is 0 Å². The van der Waals surface area contributed by atoms with E-state index in [9.17, 15) is 13.2 Å². The van der Waals surface area contributed by atoms with Crippen LogP contribution in [0.4, 0.5) is 0 Å². The predicted molar refractivity (Wildman–Crippen MR) is 83.6 cm³/mol. The van der Waals surface area contributed by atoms with E-state index >= 15 is 0 Å².